The summed E-state index contributed by atoms with van der Waals surface area (Å²) in [5.74, 6) is -0.226. The number of hydrogen-bond donors (Lipinski definition) is 2. The lowest BCUT2D eigenvalue weighted by molar-refractivity contribution is 0.101. The van der Waals surface area contributed by atoms with E-state index in [9.17, 15) is 13.2 Å². The Morgan fingerprint density at radius 2 is 2.00 bits per heavy atom. The smallest absolute Gasteiger partial charge is 0.240 e. The van der Waals surface area contributed by atoms with Crippen LogP contribution in [0.5, 0.6) is 0 Å². The number of sulfonamides is 1. The van der Waals surface area contributed by atoms with Crippen molar-refractivity contribution in [3.8, 4) is 0 Å². The maximum atomic E-state index is 12.1. The summed E-state index contributed by atoms with van der Waals surface area (Å²) in [6, 6.07) is 5.29. The molecule has 0 bridgehead atoms. The molecule has 0 aliphatic rings. The molecule has 5 nitrogen and oxygen atoms in total. The van der Waals surface area contributed by atoms with E-state index in [4.69, 9.17) is 5.11 Å². The van der Waals surface area contributed by atoms with Gasteiger partial charge in [-0.05, 0) is 25.0 Å². The number of benzene rings is 1. The van der Waals surface area contributed by atoms with E-state index in [1.54, 1.807) is 6.07 Å². The Labute approximate surface area is 113 Å². The molecule has 1 rings (SSSR count). The van der Waals surface area contributed by atoms with Crippen LogP contribution in [-0.4, -0.2) is 32.0 Å². The lowest BCUT2D eigenvalue weighted by Crippen LogP contribution is -2.41. The highest BCUT2D eigenvalue weighted by molar-refractivity contribution is 7.89. The Morgan fingerprint density at radius 1 is 1.37 bits per heavy atom. The first-order chi connectivity index (χ1) is 8.77. The van der Waals surface area contributed by atoms with Crippen LogP contribution in [0, 0.1) is 5.92 Å². The molecule has 6 heteroatoms. The summed E-state index contributed by atoms with van der Waals surface area (Å²) < 4.78 is 26.7. The summed E-state index contributed by atoms with van der Waals surface area (Å²) in [5.41, 5.74) is 0.341. The van der Waals surface area contributed by atoms with Gasteiger partial charge in [0, 0.05) is 11.6 Å². The molecule has 0 fully saturated rings. The van der Waals surface area contributed by atoms with Crippen LogP contribution in [0.1, 0.15) is 31.1 Å². The topological polar surface area (TPSA) is 83.5 Å². The number of aliphatic hydroxyl groups excluding tert-OH is 1. The molecule has 106 valence electrons. The van der Waals surface area contributed by atoms with Crippen LogP contribution in [0.15, 0.2) is 29.2 Å². The van der Waals surface area contributed by atoms with Gasteiger partial charge in [-0.25, -0.2) is 13.1 Å². The second-order valence-electron chi connectivity index (χ2n) is 4.74. The molecule has 0 unspecified atom stereocenters. The Hall–Kier alpha value is -1.24. The first-order valence-electron chi connectivity index (χ1n) is 6.02. The van der Waals surface area contributed by atoms with Gasteiger partial charge in [0.1, 0.15) is 0 Å². The lowest BCUT2D eigenvalue weighted by Gasteiger charge is -2.19. The third-order valence-electron chi connectivity index (χ3n) is 2.86. The van der Waals surface area contributed by atoms with Crippen molar-refractivity contribution in [3.63, 3.8) is 0 Å². The second kappa shape index (κ2) is 6.27. The highest BCUT2D eigenvalue weighted by Gasteiger charge is 2.22. The predicted octanol–water partition coefficient (Wildman–Crippen LogP) is 1.18. The monoisotopic (exact) mass is 285 g/mol. The number of carbonyl (C=O) groups excluding carboxylic acids is 1. The van der Waals surface area contributed by atoms with Gasteiger partial charge < -0.3 is 5.11 Å². The Kier molecular flexibility index (Phi) is 5.22. The van der Waals surface area contributed by atoms with Crippen molar-refractivity contribution in [1.82, 2.24) is 4.72 Å². The zero-order valence-corrected chi connectivity index (χ0v) is 12.1. The summed E-state index contributed by atoms with van der Waals surface area (Å²) in [6.07, 6.45) is 0. The van der Waals surface area contributed by atoms with Crippen LogP contribution < -0.4 is 4.72 Å². The van der Waals surface area contributed by atoms with Gasteiger partial charge in [0.2, 0.25) is 10.0 Å². The molecular weight excluding hydrogens is 266 g/mol. The molecule has 0 aliphatic heterocycles. The van der Waals surface area contributed by atoms with Gasteiger partial charge >= 0.3 is 0 Å². The second-order valence-corrected chi connectivity index (χ2v) is 6.45. The minimum atomic E-state index is -3.73. The van der Waals surface area contributed by atoms with E-state index in [0.717, 1.165) is 0 Å². The van der Waals surface area contributed by atoms with E-state index in [1.807, 2.05) is 13.8 Å². The van der Waals surface area contributed by atoms with E-state index >= 15 is 0 Å². The molecule has 0 radical (unpaired) electrons. The van der Waals surface area contributed by atoms with E-state index in [2.05, 4.69) is 4.72 Å². The van der Waals surface area contributed by atoms with Gasteiger partial charge in [0.25, 0.3) is 0 Å². The average molecular weight is 285 g/mol. The highest BCUT2D eigenvalue weighted by Crippen LogP contribution is 2.14. The lowest BCUT2D eigenvalue weighted by atomic mass is 10.1. The van der Waals surface area contributed by atoms with E-state index in [-0.39, 0.29) is 23.2 Å². The van der Waals surface area contributed by atoms with Gasteiger partial charge in [-0.3, -0.25) is 4.79 Å². The van der Waals surface area contributed by atoms with Gasteiger partial charge in [-0.15, -0.1) is 0 Å². The van der Waals surface area contributed by atoms with Crippen molar-refractivity contribution >= 4 is 15.8 Å². The molecule has 0 aliphatic carbocycles. The van der Waals surface area contributed by atoms with Gasteiger partial charge in [-0.2, -0.15) is 0 Å². The maximum absolute atomic E-state index is 12.1. The van der Waals surface area contributed by atoms with Crippen molar-refractivity contribution in [2.75, 3.05) is 6.61 Å². The Morgan fingerprint density at radius 3 is 2.47 bits per heavy atom. The zero-order valence-electron chi connectivity index (χ0n) is 11.3. The number of aliphatic hydroxyl groups is 1. The van der Waals surface area contributed by atoms with Crippen molar-refractivity contribution < 1.29 is 18.3 Å². The molecule has 2 N–H and O–H groups in total. The SMILES string of the molecule is CC(=O)c1cccc(S(=O)(=O)N[C@H](CO)C(C)C)c1. The first-order valence-corrected chi connectivity index (χ1v) is 7.50. The zero-order chi connectivity index (χ0) is 14.6. The van der Waals surface area contributed by atoms with Gasteiger partial charge in [0.05, 0.1) is 11.5 Å². The minimum Gasteiger partial charge on any atom is -0.395 e. The van der Waals surface area contributed by atoms with E-state index < -0.39 is 16.1 Å². The molecule has 1 aromatic rings. The molecule has 0 spiro atoms. The Bertz CT molecular complexity index is 552. The fourth-order valence-electron chi connectivity index (χ4n) is 1.53. The largest absolute Gasteiger partial charge is 0.395 e. The summed E-state index contributed by atoms with van der Waals surface area (Å²) >= 11 is 0. The van der Waals surface area contributed by atoms with Crippen LogP contribution in [0.2, 0.25) is 0 Å². The number of carbonyl (C=O) groups is 1. The summed E-state index contributed by atoms with van der Waals surface area (Å²) in [5, 5.41) is 9.17. The predicted molar refractivity (Wildman–Crippen MR) is 72.5 cm³/mol. The van der Waals surface area contributed by atoms with Crippen LogP contribution in [-0.2, 0) is 10.0 Å². The van der Waals surface area contributed by atoms with Crippen molar-refractivity contribution in [1.29, 1.82) is 0 Å². The molecule has 0 saturated heterocycles. The Balaban J connectivity index is 3.06. The number of hydrogen-bond acceptors (Lipinski definition) is 4. The van der Waals surface area contributed by atoms with E-state index in [1.165, 1.54) is 25.1 Å². The number of nitrogens with one attached hydrogen (secondary N) is 1. The van der Waals surface area contributed by atoms with Crippen LogP contribution >= 0.6 is 0 Å². The van der Waals surface area contributed by atoms with Crippen LogP contribution in [0.25, 0.3) is 0 Å². The molecule has 0 aromatic heterocycles. The van der Waals surface area contributed by atoms with Crippen molar-refractivity contribution in [3.05, 3.63) is 29.8 Å². The quantitative estimate of drug-likeness (QED) is 0.769. The molecule has 1 aromatic carbocycles. The molecule has 19 heavy (non-hydrogen) atoms. The maximum Gasteiger partial charge on any atom is 0.240 e. The van der Waals surface area contributed by atoms with Crippen LogP contribution in [0.4, 0.5) is 0 Å². The average Bonchev–Trinajstić information content (AvgIpc) is 2.35. The fourth-order valence-corrected chi connectivity index (χ4v) is 2.95. The summed E-state index contributed by atoms with van der Waals surface area (Å²) in [6.45, 7) is 4.73. The number of ketones is 1. The molecule has 0 saturated carbocycles. The molecule has 1 atom stereocenters. The van der Waals surface area contributed by atoms with Gasteiger partial charge in [-0.1, -0.05) is 26.0 Å². The van der Waals surface area contributed by atoms with Crippen molar-refractivity contribution in [2.24, 2.45) is 5.92 Å². The van der Waals surface area contributed by atoms with Gasteiger partial charge in [0.15, 0.2) is 5.78 Å². The molecular formula is C13H19NO4S. The first kappa shape index (κ1) is 15.8. The fraction of sp³-hybridized carbons (Fsp3) is 0.462. The standard InChI is InChI=1S/C13H19NO4S/c1-9(2)13(8-15)14-19(17,18)12-6-4-5-11(7-12)10(3)16/h4-7,9,13-15H,8H2,1-3H3/t13-/m1/s1. The molecule has 0 amide bonds. The van der Waals surface area contributed by atoms with E-state index in [0.29, 0.717) is 5.56 Å². The van der Waals surface area contributed by atoms with Crippen LogP contribution in [0.3, 0.4) is 0 Å². The minimum absolute atomic E-state index is 0.0271. The number of rotatable bonds is 6. The third-order valence-corrected chi connectivity index (χ3v) is 4.35. The third kappa shape index (κ3) is 4.12. The van der Waals surface area contributed by atoms with Crippen molar-refractivity contribution in [2.45, 2.75) is 31.7 Å². The summed E-state index contributed by atoms with van der Waals surface area (Å²) in [7, 11) is -3.73. The normalized spacial score (nSPS) is 13.5. The number of Topliss-reactive ketones (excluding diaryl/α,β-unsaturated/α-hetero) is 1. The molecule has 0 heterocycles. The summed E-state index contributed by atoms with van der Waals surface area (Å²) in [4.78, 5) is 11.3. The highest BCUT2D eigenvalue weighted by atomic mass is 32.2.